The Hall–Kier alpha value is -2.60. The first-order chi connectivity index (χ1) is 13.1. The number of hydrogen-bond donors (Lipinski definition) is 1. The number of rotatable bonds is 6. The third-order valence-electron chi connectivity index (χ3n) is 5.22. The molecule has 0 saturated heterocycles. The summed E-state index contributed by atoms with van der Waals surface area (Å²) in [6.07, 6.45) is 3.51. The molecule has 1 saturated carbocycles. The van der Waals surface area contributed by atoms with Gasteiger partial charge >= 0.3 is 0 Å². The van der Waals surface area contributed by atoms with Gasteiger partial charge in [0.25, 0.3) is 0 Å². The second kappa shape index (κ2) is 7.56. The van der Waals surface area contributed by atoms with Crippen LogP contribution < -0.4 is 5.32 Å². The average Bonchev–Trinajstić information content (AvgIpc) is 3.09. The summed E-state index contributed by atoms with van der Waals surface area (Å²) in [6, 6.07) is 11.6. The standard InChI is InChI=1S/C21H21F2N3O/c1-13-5-6-16(11-18(13)23)21-25-19(27-26-21)12-24-20(14-3-2-4-14)15-7-9-17(22)10-8-15/h5-11,14,20,24H,2-4,12H2,1H3. The van der Waals surface area contributed by atoms with Crippen molar-refractivity contribution in [1.29, 1.82) is 0 Å². The quantitative estimate of drug-likeness (QED) is 0.668. The lowest BCUT2D eigenvalue weighted by Crippen LogP contribution is -2.32. The molecule has 3 aromatic rings. The molecule has 1 unspecified atom stereocenters. The van der Waals surface area contributed by atoms with Crippen molar-refractivity contribution < 1.29 is 13.3 Å². The number of benzene rings is 2. The minimum Gasteiger partial charge on any atom is -0.338 e. The van der Waals surface area contributed by atoms with Gasteiger partial charge in [-0.1, -0.05) is 35.8 Å². The Balaban J connectivity index is 1.47. The van der Waals surface area contributed by atoms with Crippen LogP contribution in [0.25, 0.3) is 11.4 Å². The van der Waals surface area contributed by atoms with Crippen LogP contribution in [0.4, 0.5) is 8.78 Å². The molecule has 1 fully saturated rings. The molecule has 27 heavy (non-hydrogen) atoms. The molecule has 1 aliphatic carbocycles. The van der Waals surface area contributed by atoms with Gasteiger partial charge in [0.1, 0.15) is 11.6 Å². The maximum atomic E-state index is 13.8. The molecule has 4 rings (SSSR count). The van der Waals surface area contributed by atoms with Gasteiger partial charge < -0.3 is 9.84 Å². The summed E-state index contributed by atoms with van der Waals surface area (Å²) in [5, 5.41) is 7.42. The SMILES string of the molecule is Cc1ccc(-c2noc(CNC(c3ccc(F)cc3)C3CCC3)n2)cc1F. The monoisotopic (exact) mass is 369 g/mol. The van der Waals surface area contributed by atoms with Gasteiger partial charge in [-0.25, -0.2) is 8.78 Å². The Morgan fingerprint density at radius 3 is 2.59 bits per heavy atom. The summed E-state index contributed by atoms with van der Waals surface area (Å²) in [5.41, 5.74) is 2.22. The first kappa shape index (κ1) is 17.8. The zero-order chi connectivity index (χ0) is 18.8. The van der Waals surface area contributed by atoms with Crippen molar-refractivity contribution >= 4 is 0 Å². The Kier molecular flexibility index (Phi) is 4.99. The van der Waals surface area contributed by atoms with E-state index in [1.165, 1.54) is 24.6 Å². The third kappa shape index (κ3) is 3.90. The lowest BCUT2D eigenvalue weighted by Gasteiger charge is -2.34. The Morgan fingerprint density at radius 2 is 1.93 bits per heavy atom. The van der Waals surface area contributed by atoms with Gasteiger partial charge in [-0.05, 0) is 55.0 Å². The summed E-state index contributed by atoms with van der Waals surface area (Å²) in [6.45, 7) is 2.11. The molecule has 1 aliphatic rings. The number of aromatic nitrogens is 2. The van der Waals surface area contributed by atoms with Gasteiger partial charge in [0, 0.05) is 11.6 Å². The molecule has 1 atom stereocenters. The van der Waals surface area contributed by atoms with Crippen molar-refractivity contribution in [2.75, 3.05) is 0 Å². The maximum absolute atomic E-state index is 13.8. The van der Waals surface area contributed by atoms with E-state index in [1.54, 1.807) is 19.1 Å². The van der Waals surface area contributed by atoms with Gasteiger partial charge in [0.05, 0.1) is 6.54 Å². The van der Waals surface area contributed by atoms with Gasteiger partial charge in [0.2, 0.25) is 11.7 Å². The van der Waals surface area contributed by atoms with Crippen molar-refractivity contribution in [3.8, 4) is 11.4 Å². The normalized spacial score (nSPS) is 15.5. The first-order valence-electron chi connectivity index (χ1n) is 9.18. The van der Waals surface area contributed by atoms with E-state index in [0.717, 1.165) is 18.4 Å². The molecule has 4 nitrogen and oxygen atoms in total. The molecule has 0 spiro atoms. The van der Waals surface area contributed by atoms with Crippen LogP contribution in [-0.4, -0.2) is 10.1 Å². The molecule has 140 valence electrons. The Bertz CT molecular complexity index is 919. The number of hydrogen-bond acceptors (Lipinski definition) is 4. The number of nitrogens with zero attached hydrogens (tertiary/aromatic N) is 2. The van der Waals surface area contributed by atoms with Gasteiger partial charge in [-0.2, -0.15) is 4.98 Å². The summed E-state index contributed by atoms with van der Waals surface area (Å²) >= 11 is 0. The molecule has 1 aromatic heterocycles. The Morgan fingerprint density at radius 1 is 1.15 bits per heavy atom. The highest BCUT2D eigenvalue weighted by Gasteiger charge is 2.28. The molecule has 0 bridgehead atoms. The molecule has 2 aromatic carbocycles. The van der Waals surface area contributed by atoms with E-state index in [0.29, 0.717) is 35.3 Å². The largest absolute Gasteiger partial charge is 0.338 e. The van der Waals surface area contributed by atoms with Gasteiger partial charge in [-0.3, -0.25) is 0 Å². The zero-order valence-corrected chi connectivity index (χ0v) is 15.1. The molecular formula is C21H21F2N3O. The number of nitrogens with one attached hydrogen (secondary N) is 1. The van der Waals surface area contributed by atoms with Gasteiger partial charge in [0.15, 0.2) is 0 Å². The van der Waals surface area contributed by atoms with E-state index >= 15 is 0 Å². The highest BCUT2D eigenvalue weighted by Crippen LogP contribution is 2.38. The van der Waals surface area contributed by atoms with Crippen molar-refractivity contribution in [3.63, 3.8) is 0 Å². The Labute approximate surface area is 156 Å². The molecule has 1 N–H and O–H groups in total. The predicted molar refractivity (Wildman–Crippen MR) is 97.8 cm³/mol. The van der Waals surface area contributed by atoms with E-state index in [1.807, 2.05) is 12.1 Å². The smallest absolute Gasteiger partial charge is 0.240 e. The van der Waals surface area contributed by atoms with Crippen LogP contribution in [0.15, 0.2) is 47.0 Å². The van der Waals surface area contributed by atoms with Crippen LogP contribution in [0, 0.1) is 24.5 Å². The summed E-state index contributed by atoms with van der Waals surface area (Å²) in [4.78, 5) is 4.37. The van der Waals surface area contributed by atoms with Gasteiger partial charge in [-0.15, -0.1) is 0 Å². The van der Waals surface area contributed by atoms with Crippen LogP contribution >= 0.6 is 0 Å². The fourth-order valence-corrected chi connectivity index (χ4v) is 3.37. The van der Waals surface area contributed by atoms with Crippen LogP contribution in [0.2, 0.25) is 0 Å². The maximum Gasteiger partial charge on any atom is 0.240 e. The minimum absolute atomic E-state index is 0.117. The molecule has 0 radical (unpaired) electrons. The highest BCUT2D eigenvalue weighted by atomic mass is 19.1. The average molecular weight is 369 g/mol. The molecule has 1 heterocycles. The van der Waals surface area contributed by atoms with Crippen molar-refractivity contribution in [2.45, 2.75) is 38.8 Å². The van der Waals surface area contributed by atoms with Crippen LogP contribution in [0.5, 0.6) is 0 Å². The number of halogens is 2. The number of aryl methyl sites for hydroxylation is 1. The lowest BCUT2D eigenvalue weighted by molar-refractivity contribution is 0.222. The van der Waals surface area contributed by atoms with Crippen LogP contribution in [0.3, 0.4) is 0 Å². The lowest BCUT2D eigenvalue weighted by atomic mass is 9.77. The summed E-state index contributed by atoms with van der Waals surface area (Å²) in [7, 11) is 0. The second-order valence-electron chi connectivity index (χ2n) is 7.08. The first-order valence-corrected chi connectivity index (χ1v) is 9.18. The van der Waals surface area contributed by atoms with E-state index < -0.39 is 0 Å². The third-order valence-corrected chi connectivity index (χ3v) is 5.22. The van der Waals surface area contributed by atoms with E-state index in [2.05, 4.69) is 15.5 Å². The zero-order valence-electron chi connectivity index (χ0n) is 15.1. The summed E-state index contributed by atoms with van der Waals surface area (Å²) in [5.74, 6) is 0.797. The molecular weight excluding hydrogens is 348 g/mol. The van der Waals surface area contributed by atoms with E-state index in [9.17, 15) is 8.78 Å². The summed E-state index contributed by atoms with van der Waals surface area (Å²) < 4.78 is 32.3. The second-order valence-corrected chi connectivity index (χ2v) is 7.08. The minimum atomic E-state index is -0.293. The molecule has 0 aliphatic heterocycles. The van der Waals surface area contributed by atoms with Crippen LogP contribution in [-0.2, 0) is 6.54 Å². The fraction of sp³-hybridized carbons (Fsp3) is 0.333. The fourth-order valence-electron chi connectivity index (χ4n) is 3.37. The van der Waals surface area contributed by atoms with Crippen LogP contribution in [0.1, 0.15) is 42.3 Å². The van der Waals surface area contributed by atoms with Crippen molar-refractivity contribution in [2.24, 2.45) is 5.92 Å². The van der Waals surface area contributed by atoms with E-state index in [4.69, 9.17) is 4.52 Å². The van der Waals surface area contributed by atoms with E-state index in [-0.39, 0.29) is 17.7 Å². The highest BCUT2D eigenvalue weighted by molar-refractivity contribution is 5.54. The molecule has 0 amide bonds. The molecule has 6 heteroatoms. The van der Waals surface area contributed by atoms with Crippen molar-refractivity contribution in [1.82, 2.24) is 15.5 Å². The predicted octanol–water partition coefficient (Wildman–Crippen LogP) is 4.95. The topological polar surface area (TPSA) is 51.0 Å². The van der Waals surface area contributed by atoms with Crippen molar-refractivity contribution in [3.05, 3.63) is 71.1 Å².